The van der Waals surface area contributed by atoms with Crippen molar-refractivity contribution in [3.8, 4) is 45.0 Å². The van der Waals surface area contributed by atoms with E-state index in [4.69, 9.17) is 4.98 Å². The molecular weight excluding hydrogens is 655 g/mol. The van der Waals surface area contributed by atoms with Crippen LogP contribution < -0.4 is 0 Å². The first-order valence-corrected chi connectivity index (χ1v) is 18.5. The third kappa shape index (κ3) is 4.87. The topological polar surface area (TPSA) is 22.8 Å². The number of hydrogen-bond acceptors (Lipinski definition) is 1. The van der Waals surface area contributed by atoms with Gasteiger partial charge in [-0.2, -0.15) is 0 Å². The van der Waals surface area contributed by atoms with Crippen molar-refractivity contribution in [3.63, 3.8) is 0 Å². The average Bonchev–Trinajstić information content (AvgIpc) is 3.76. The lowest BCUT2D eigenvalue weighted by molar-refractivity contribution is 1.18. The van der Waals surface area contributed by atoms with E-state index in [2.05, 4.69) is 203 Å². The van der Waals surface area contributed by atoms with E-state index in [-0.39, 0.29) is 0 Å². The summed E-state index contributed by atoms with van der Waals surface area (Å²) in [5.41, 5.74) is 13.7. The third-order valence-corrected chi connectivity index (χ3v) is 10.9. The molecule has 3 nitrogen and oxygen atoms in total. The summed E-state index contributed by atoms with van der Waals surface area (Å²) in [4.78, 5) is 5.00. The quantitative estimate of drug-likeness (QED) is 0.177. The second-order valence-corrected chi connectivity index (χ2v) is 14.0. The molecule has 0 spiro atoms. The van der Waals surface area contributed by atoms with Gasteiger partial charge in [-0.3, -0.25) is 0 Å². The van der Waals surface area contributed by atoms with Gasteiger partial charge in [0, 0.05) is 44.0 Å². The highest BCUT2D eigenvalue weighted by atomic mass is 15.0. The second kappa shape index (κ2) is 12.2. The Kier molecular flexibility index (Phi) is 6.86. The van der Waals surface area contributed by atoms with Gasteiger partial charge in [-0.1, -0.05) is 127 Å². The fourth-order valence-electron chi connectivity index (χ4n) is 8.32. The first-order valence-electron chi connectivity index (χ1n) is 18.5. The smallest absolute Gasteiger partial charge is 0.0709 e. The number of rotatable bonds is 5. The molecule has 11 aromatic rings. The zero-order valence-electron chi connectivity index (χ0n) is 29.4. The molecule has 54 heavy (non-hydrogen) atoms. The van der Waals surface area contributed by atoms with Crippen LogP contribution in [-0.4, -0.2) is 14.1 Å². The van der Waals surface area contributed by atoms with Gasteiger partial charge < -0.3 is 9.13 Å². The summed E-state index contributed by atoms with van der Waals surface area (Å²) in [7, 11) is 0. The standard InChI is InChI=1S/C51H33N3/c1-2-12-35(13-3-1)46-17-10-18-47(52-46)36-22-26-40(27-23-36)53-48-19-8-6-15-42(48)44-32-38(24-29-50(44)53)39-25-30-51-45(33-39)43-16-7-9-20-49(43)54(51)41-28-21-34-11-4-5-14-37(34)31-41/h1-33H. The van der Waals surface area contributed by atoms with Crippen LogP contribution >= 0.6 is 0 Å². The lowest BCUT2D eigenvalue weighted by atomic mass is 10.0. The molecule has 8 aromatic carbocycles. The summed E-state index contributed by atoms with van der Waals surface area (Å²) in [5.74, 6) is 0. The molecule has 0 saturated heterocycles. The predicted octanol–water partition coefficient (Wildman–Crippen LogP) is 13.4. The zero-order valence-corrected chi connectivity index (χ0v) is 29.4. The van der Waals surface area contributed by atoms with E-state index in [9.17, 15) is 0 Å². The monoisotopic (exact) mass is 687 g/mol. The molecule has 0 amide bonds. The van der Waals surface area contributed by atoms with Crippen molar-refractivity contribution in [1.29, 1.82) is 0 Å². The van der Waals surface area contributed by atoms with Gasteiger partial charge >= 0.3 is 0 Å². The number of fused-ring (bicyclic) bond motifs is 7. The molecule has 0 aliphatic heterocycles. The number of aromatic nitrogens is 3. The van der Waals surface area contributed by atoms with Gasteiger partial charge in [0.15, 0.2) is 0 Å². The molecule has 3 aromatic heterocycles. The van der Waals surface area contributed by atoms with Crippen molar-refractivity contribution < 1.29 is 0 Å². The highest BCUT2D eigenvalue weighted by molar-refractivity contribution is 6.13. The Morgan fingerprint density at radius 3 is 1.41 bits per heavy atom. The molecule has 0 aliphatic rings. The second-order valence-electron chi connectivity index (χ2n) is 14.0. The van der Waals surface area contributed by atoms with Gasteiger partial charge in [-0.15, -0.1) is 0 Å². The van der Waals surface area contributed by atoms with Gasteiger partial charge in [0.05, 0.1) is 33.5 Å². The molecule has 0 fully saturated rings. The normalized spacial score (nSPS) is 11.7. The van der Waals surface area contributed by atoms with Crippen molar-refractivity contribution in [2.75, 3.05) is 0 Å². The van der Waals surface area contributed by atoms with E-state index in [1.807, 2.05) is 6.07 Å². The molecule has 0 saturated carbocycles. The van der Waals surface area contributed by atoms with Crippen LogP contribution in [0.2, 0.25) is 0 Å². The highest BCUT2D eigenvalue weighted by Crippen LogP contribution is 2.39. The maximum absolute atomic E-state index is 5.00. The van der Waals surface area contributed by atoms with Crippen LogP contribution in [0.25, 0.3) is 99.4 Å². The molecule has 0 aliphatic carbocycles. The van der Waals surface area contributed by atoms with Crippen LogP contribution in [-0.2, 0) is 0 Å². The number of pyridine rings is 1. The van der Waals surface area contributed by atoms with Crippen LogP contribution in [0, 0.1) is 0 Å². The van der Waals surface area contributed by atoms with Crippen molar-refractivity contribution >= 4 is 54.4 Å². The first kappa shape index (κ1) is 30.4. The van der Waals surface area contributed by atoms with Gasteiger partial charge in [0.1, 0.15) is 0 Å². The van der Waals surface area contributed by atoms with Crippen LogP contribution in [0.1, 0.15) is 0 Å². The summed E-state index contributed by atoms with van der Waals surface area (Å²) in [6.07, 6.45) is 0. The third-order valence-electron chi connectivity index (χ3n) is 10.9. The van der Waals surface area contributed by atoms with E-state index < -0.39 is 0 Å². The minimum absolute atomic E-state index is 0.965. The Bertz CT molecular complexity index is 3200. The fourth-order valence-corrected chi connectivity index (χ4v) is 8.32. The molecule has 0 radical (unpaired) electrons. The van der Waals surface area contributed by atoms with Crippen LogP contribution in [0.5, 0.6) is 0 Å². The van der Waals surface area contributed by atoms with E-state index in [1.165, 1.54) is 71.2 Å². The summed E-state index contributed by atoms with van der Waals surface area (Å²) in [6, 6.07) is 72.1. The van der Waals surface area contributed by atoms with Crippen LogP contribution in [0.15, 0.2) is 200 Å². The Morgan fingerprint density at radius 2 is 0.759 bits per heavy atom. The first-order chi connectivity index (χ1) is 26.8. The minimum Gasteiger partial charge on any atom is -0.309 e. The van der Waals surface area contributed by atoms with E-state index in [0.717, 1.165) is 28.2 Å². The summed E-state index contributed by atoms with van der Waals surface area (Å²) >= 11 is 0. The van der Waals surface area contributed by atoms with Gasteiger partial charge in [-0.05, 0) is 94.7 Å². The summed E-state index contributed by atoms with van der Waals surface area (Å²) < 4.78 is 4.78. The molecule has 252 valence electrons. The molecule has 3 heteroatoms. The van der Waals surface area contributed by atoms with Crippen LogP contribution in [0.3, 0.4) is 0 Å². The van der Waals surface area contributed by atoms with E-state index in [1.54, 1.807) is 0 Å². The zero-order chi connectivity index (χ0) is 35.6. The molecule has 11 rings (SSSR count). The largest absolute Gasteiger partial charge is 0.309 e. The van der Waals surface area contributed by atoms with Crippen molar-refractivity contribution in [2.24, 2.45) is 0 Å². The number of hydrogen-bond donors (Lipinski definition) is 0. The highest BCUT2D eigenvalue weighted by Gasteiger charge is 2.16. The van der Waals surface area contributed by atoms with Gasteiger partial charge in [0.25, 0.3) is 0 Å². The Labute approximate surface area is 312 Å². The molecule has 0 bridgehead atoms. The molecule has 3 heterocycles. The Balaban J connectivity index is 1.00. The van der Waals surface area contributed by atoms with Crippen LogP contribution in [0.4, 0.5) is 0 Å². The average molecular weight is 688 g/mol. The summed E-state index contributed by atoms with van der Waals surface area (Å²) in [6.45, 7) is 0. The van der Waals surface area contributed by atoms with Crippen molar-refractivity contribution in [1.82, 2.24) is 14.1 Å². The number of nitrogens with zero attached hydrogens (tertiary/aromatic N) is 3. The summed E-state index contributed by atoms with van der Waals surface area (Å²) in [5, 5.41) is 7.48. The molecule has 0 unspecified atom stereocenters. The number of benzene rings is 8. The SMILES string of the molecule is c1ccc(-c2cccc(-c3ccc(-n4c5ccccc5c5cc(-c6ccc7c(c6)c6ccccc6n7-c6ccc7ccccc7c6)ccc54)cc3)n2)cc1. The lowest BCUT2D eigenvalue weighted by Gasteiger charge is -2.11. The van der Waals surface area contributed by atoms with E-state index >= 15 is 0 Å². The molecular formula is C51H33N3. The van der Waals surface area contributed by atoms with Crippen molar-refractivity contribution in [2.45, 2.75) is 0 Å². The molecule has 0 atom stereocenters. The number of para-hydroxylation sites is 2. The van der Waals surface area contributed by atoms with Gasteiger partial charge in [0.2, 0.25) is 0 Å². The molecule has 0 N–H and O–H groups in total. The fraction of sp³-hybridized carbons (Fsp3) is 0. The van der Waals surface area contributed by atoms with E-state index in [0.29, 0.717) is 0 Å². The predicted molar refractivity (Wildman–Crippen MR) is 227 cm³/mol. The Hall–Kier alpha value is -7.23. The maximum Gasteiger partial charge on any atom is 0.0709 e. The van der Waals surface area contributed by atoms with Crippen molar-refractivity contribution in [3.05, 3.63) is 200 Å². The van der Waals surface area contributed by atoms with Gasteiger partial charge in [-0.25, -0.2) is 4.98 Å². The maximum atomic E-state index is 5.00. The lowest BCUT2D eigenvalue weighted by Crippen LogP contribution is -1.94. The Morgan fingerprint density at radius 1 is 0.278 bits per heavy atom. The minimum atomic E-state index is 0.965.